The van der Waals surface area contributed by atoms with Crippen molar-refractivity contribution in [2.24, 2.45) is 5.41 Å². The third kappa shape index (κ3) is 12.1. The average molecular weight is 438 g/mol. The molecule has 3 heteroatoms. The Hall–Kier alpha value is -0.644. The van der Waals surface area contributed by atoms with E-state index in [1.54, 1.807) is 6.42 Å². The molecule has 0 aliphatic heterocycles. The summed E-state index contributed by atoms with van der Waals surface area (Å²) in [6, 6.07) is 9.34. The molecule has 0 fully saturated rings. The second-order valence-electron chi connectivity index (χ2n) is 4.85. The maximum absolute atomic E-state index is 11.6. The van der Waals surface area contributed by atoms with Crippen molar-refractivity contribution in [2.45, 2.75) is 20.8 Å². The van der Waals surface area contributed by atoms with Crippen LogP contribution in [0.1, 0.15) is 31.1 Å². The fourth-order valence-corrected chi connectivity index (χ4v) is 1.18. The van der Waals surface area contributed by atoms with Crippen molar-refractivity contribution < 1.29 is 29.3 Å². The molecule has 0 saturated heterocycles. The number of benzene rings is 1. The molecule has 1 rings (SSSR count). The molecule has 0 amide bonds. The zero-order valence-electron chi connectivity index (χ0n) is 12.0. The summed E-state index contributed by atoms with van der Waals surface area (Å²) in [6.45, 7) is 14.0. The van der Waals surface area contributed by atoms with Crippen LogP contribution in [0.25, 0.3) is 0 Å². The first-order valence-corrected chi connectivity index (χ1v) is 6.02. The van der Waals surface area contributed by atoms with Gasteiger partial charge in [0.25, 0.3) is 0 Å². The molecule has 0 aliphatic carbocycles. The van der Waals surface area contributed by atoms with Crippen molar-refractivity contribution in [1.29, 1.82) is 0 Å². The molecule has 110 valence electrons. The quantitative estimate of drug-likeness (QED) is 0.529. The van der Waals surface area contributed by atoms with E-state index in [9.17, 15) is 4.79 Å². The van der Waals surface area contributed by atoms with E-state index in [2.05, 4.69) is 18.6 Å². The molecule has 0 heterocycles. The molecule has 0 saturated carbocycles. The Morgan fingerprint density at radius 3 is 1.95 bits per heavy atom. The molecule has 19 heavy (non-hydrogen) atoms. The van der Waals surface area contributed by atoms with Crippen molar-refractivity contribution in [3.05, 3.63) is 56.2 Å². The number of carbonyl (C=O) groups excluding carboxylic acids is 1. The maximum atomic E-state index is 11.6. The summed E-state index contributed by atoms with van der Waals surface area (Å²) in [5.41, 5.74) is 0.713. The van der Waals surface area contributed by atoms with Gasteiger partial charge >= 0.3 is 0 Å². The van der Waals surface area contributed by atoms with Crippen LogP contribution < -0.4 is 0 Å². The minimum atomic E-state index is -0.0487. The van der Waals surface area contributed by atoms with E-state index >= 15 is 0 Å². The number of hydrogen-bond acceptors (Lipinski definition) is 2. The van der Waals surface area contributed by atoms with Crippen LogP contribution in [0, 0.1) is 25.7 Å². The van der Waals surface area contributed by atoms with Crippen LogP contribution in [-0.2, 0) is 24.5 Å². The molecule has 0 radical (unpaired) electrons. The molecule has 0 N–H and O–H groups in total. The first-order chi connectivity index (χ1) is 8.40. The molecule has 1 aromatic carbocycles. The van der Waals surface area contributed by atoms with Gasteiger partial charge in [0.05, 0.1) is 0 Å². The average Bonchev–Trinajstić information content (AvgIpc) is 2.30. The van der Waals surface area contributed by atoms with Crippen molar-refractivity contribution in [3.8, 4) is 0 Å². The summed E-state index contributed by atoms with van der Waals surface area (Å²) in [5.74, 6) is 0.105. The fraction of sp³-hybridized carbons (Fsp3) is 0.375. The molecular weight excluding hydrogens is 414 g/mol. The van der Waals surface area contributed by atoms with Gasteiger partial charge in [-0.3, -0.25) is 0 Å². The van der Waals surface area contributed by atoms with Crippen LogP contribution in [0.15, 0.2) is 30.3 Å². The predicted molar refractivity (Wildman–Crippen MR) is 76.1 cm³/mol. The van der Waals surface area contributed by atoms with E-state index in [4.69, 9.17) is 0 Å². The standard InChI is InChI=1S/C12H15O.C4H8O.Os/c1-12(2,3)9-11(13)10-7-5-4-6-8-10;1-3-5-4-2;/h4-9H,1-3H3;1-4H2;/q-1;-2;. The minimum absolute atomic E-state index is 0. The van der Waals surface area contributed by atoms with Gasteiger partial charge in [0.1, 0.15) is 0 Å². The van der Waals surface area contributed by atoms with Gasteiger partial charge in [-0.1, -0.05) is 57.6 Å². The van der Waals surface area contributed by atoms with Crippen LogP contribution in [-0.4, -0.2) is 19.0 Å². The van der Waals surface area contributed by atoms with Gasteiger partial charge in [-0.05, 0) is 0 Å². The summed E-state index contributed by atoms with van der Waals surface area (Å²) in [7, 11) is 0. The first kappa shape index (κ1) is 20.7. The third-order valence-corrected chi connectivity index (χ3v) is 1.91. The Bertz CT molecular complexity index is 326. The van der Waals surface area contributed by atoms with Crippen molar-refractivity contribution in [1.82, 2.24) is 0 Å². The summed E-state index contributed by atoms with van der Waals surface area (Å²) >= 11 is 0. The van der Waals surface area contributed by atoms with Gasteiger partial charge in [0.2, 0.25) is 0 Å². The summed E-state index contributed by atoms with van der Waals surface area (Å²) in [4.78, 5) is 11.6. The van der Waals surface area contributed by atoms with E-state index in [1.165, 1.54) is 0 Å². The number of Topliss-reactive ketones (excluding diaryl/α,β-unsaturated/α-hetero) is 1. The van der Waals surface area contributed by atoms with E-state index in [1.807, 2.05) is 51.1 Å². The number of ketones is 1. The van der Waals surface area contributed by atoms with Crippen LogP contribution >= 0.6 is 0 Å². The van der Waals surface area contributed by atoms with Crippen molar-refractivity contribution in [3.63, 3.8) is 0 Å². The molecule has 0 aromatic heterocycles. The van der Waals surface area contributed by atoms with Crippen LogP contribution in [0.4, 0.5) is 0 Å². The van der Waals surface area contributed by atoms with Gasteiger partial charge in [-0.15, -0.1) is 17.7 Å². The number of ether oxygens (including phenoxy) is 1. The smallest absolute Gasteiger partial charge is 0.0250 e. The van der Waals surface area contributed by atoms with E-state index in [0.717, 1.165) is 5.56 Å². The maximum Gasteiger partial charge on any atom is 0.0250 e. The van der Waals surface area contributed by atoms with E-state index in [-0.39, 0.29) is 31.0 Å². The molecule has 0 bridgehead atoms. The Kier molecular flexibility index (Phi) is 12.2. The van der Waals surface area contributed by atoms with Crippen molar-refractivity contribution in [2.75, 3.05) is 13.2 Å². The van der Waals surface area contributed by atoms with Crippen LogP contribution in [0.3, 0.4) is 0 Å². The summed E-state index contributed by atoms with van der Waals surface area (Å²) < 4.78 is 4.61. The topological polar surface area (TPSA) is 26.3 Å². The van der Waals surface area contributed by atoms with Gasteiger partial charge < -0.3 is 23.4 Å². The molecule has 0 aliphatic rings. The Labute approximate surface area is 131 Å². The molecule has 1 aromatic rings. The second kappa shape index (κ2) is 11.2. The zero-order valence-corrected chi connectivity index (χ0v) is 14.5. The third-order valence-electron chi connectivity index (χ3n) is 1.91. The van der Waals surface area contributed by atoms with E-state index < -0.39 is 0 Å². The SMILES string of the molecule is CC(C)(C)[CH-]C(=O)c1ccccc1.[CH2-]COC[CH2-].[Os]. The molecule has 0 atom stereocenters. The van der Waals surface area contributed by atoms with Crippen LogP contribution in [0.5, 0.6) is 0 Å². The Morgan fingerprint density at radius 2 is 1.63 bits per heavy atom. The number of hydrogen-bond donors (Lipinski definition) is 0. The minimum Gasteiger partial charge on any atom is -0.445 e. The Morgan fingerprint density at radius 1 is 1.16 bits per heavy atom. The van der Waals surface area contributed by atoms with E-state index in [0.29, 0.717) is 13.2 Å². The molecule has 0 spiro atoms. The predicted octanol–water partition coefficient (Wildman–Crippen LogP) is 3.79. The van der Waals surface area contributed by atoms with Crippen LogP contribution in [0.2, 0.25) is 0 Å². The fourth-order valence-electron chi connectivity index (χ4n) is 1.18. The molecular formula is C16H23O2Os-3. The molecule has 2 nitrogen and oxygen atoms in total. The summed E-state index contributed by atoms with van der Waals surface area (Å²) in [6.07, 6.45) is 1.75. The number of carbonyl (C=O) groups is 1. The van der Waals surface area contributed by atoms with Gasteiger partial charge in [-0.25, -0.2) is 0 Å². The normalized spacial score (nSPS) is 9.74. The van der Waals surface area contributed by atoms with Gasteiger partial charge in [0.15, 0.2) is 0 Å². The number of rotatable bonds is 4. The first-order valence-electron chi connectivity index (χ1n) is 6.02. The van der Waals surface area contributed by atoms with Gasteiger partial charge in [0, 0.05) is 25.6 Å². The zero-order chi connectivity index (χ0) is 14.0. The summed E-state index contributed by atoms with van der Waals surface area (Å²) in [5, 5.41) is 0. The largest absolute Gasteiger partial charge is 0.445 e. The second-order valence-corrected chi connectivity index (χ2v) is 4.85. The van der Waals surface area contributed by atoms with Gasteiger partial charge in [-0.2, -0.15) is 6.42 Å². The van der Waals surface area contributed by atoms with Crippen molar-refractivity contribution >= 4 is 5.78 Å². The monoisotopic (exact) mass is 439 g/mol. The Balaban J connectivity index is 0. The molecule has 0 unspecified atom stereocenters.